The summed E-state index contributed by atoms with van der Waals surface area (Å²) < 4.78 is 1.99. The van der Waals surface area contributed by atoms with E-state index in [-0.39, 0.29) is 11.8 Å². The van der Waals surface area contributed by atoms with Crippen molar-refractivity contribution >= 4 is 28.5 Å². The van der Waals surface area contributed by atoms with Crippen molar-refractivity contribution in [1.29, 1.82) is 0 Å². The minimum atomic E-state index is -0.0458. The number of halogens is 1. The maximum absolute atomic E-state index is 11.3. The van der Waals surface area contributed by atoms with Gasteiger partial charge >= 0.3 is 0 Å². The van der Waals surface area contributed by atoms with Gasteiger partial charge in [0.15, 0.2) is 0 Å². The fraction of sp³-hybridized carbons (Fsp3) is 0.385. The van der Waals surface area contributed by atoms with Gasteiger partial charge in [-0.15, -0.1) is 11.6 Å². The van der Waals surface area contributed by atoms with Crippen LogP contribution in [0.4, 0.5) is 0 Å². The number of aromatic nitrogens is 2. The molecule has 0 saturated heterocycles. The Morgan fingerprint density at radius 3 is 3.00 bits per heavy atom. The highest BCUT2D eigenvalue weighted by atomic mass is 35.5. The molecule has 4 nitrogen and oxygen atoms in total. The average Bonchev–Trinajstić information content (AvgIpc) is 2.76. The Morgan fingerprint density at radius 1 is 1.50 bits per heavy atom. The zero-order chi connectivity index (χ0) is 13.1. The Bertz CT molecular complexity index is 564. The first-order valence-corrected chi connectivity index (χ1v) is 6.35. The summed E-state index contributed by atoms with van der Waals surface area (Å²) in [4.78, 5) is 17.3. The molecule has 2 rings (SSSR count). The zero-order valence-corrected chi connectivity index (χ0v) is 11.3. The Balaban J connectivity index is 2.06. The van der Waals surface area contributed by atoms with Crippen molar-refractivity contribution < 1.29 is 4.79 Å². The number of alkyl halides is 1. The number of fused-ring (bicyclic) bond motifs is 1. The summed E-state index contributed by atoms with van der Waals surface area (Å²) in [6.45, 7) is 0.671. The third kappa shape index (κ3) is 2.64. The minimum Gasteiger partial charge on any atom is -0.344 e. The van der Waals surface area contributed by atoms with Crippen LogP contribution in [0.5, 0.6) is 0 Å². The summed E-state index contributed by atoms with van der Waals surface area (Å²) >= 11 is 5.51. The summed E-state index contributed by atoms with van der Waals surface area (Å²) in [5.74, 6) is -0.00828. The van der Waals surface area contributed by atoms with E-state index in [2.05, 4.69) is 23.2 Å². The highest BCUT2D eigenvalue weighted by Gasteiger charge is 2.07. The highest BCUT2D eigenvalue weighted by molar-refractivity contribution is 6.27. The van der Waals surface area contributed by atoms with Crippen molar-refractivity contribution in [2.75, 3.05) is 19.5 Å². The Labute approximate surface area is 111 Å². The summed E-state index contributed by atoms with van der Waals surface area (Å²) in [5.41, 5.74) is 3.28. The lowest BCUT2D eigenvalue weighted by atomic mass is 10.1. The SMILES string of the molecule is CN(CCc1ccc2c(c1)ncn2C)C(=O)CCl. The maximum atomic E-state index is 11.3. The monoisotopic (exact) mass is 265 g/mol. The number of nitrogens with zero attached hydrogens (tertiary/aromatic N) is 3. The summed E-state index contributed by atoms with van der Waals surface area (Å²) in [6.07, 6.45) is 2.61. The lowest BCUT2D eigenvalue weighted by Crippen LogP contribution is -2.29. The van der Waals surface area contributed by atoms with E-state index >= 15 is 0 Å². The van der Waals surface area contributed by atoms with Crippen molar-refractivity contribution in [2.24, 2.45) is 7.05 Å². The van der Waals surface area contributed by atoms with Gasteiger partial charge in [-0.1, -0.05) is 6.07 Å². The molecule has 0 atom stereocenters. The number of imidazole rings is 1. The Kier molecular flexibility index (Phi) is 3.87. The molecule has 0 spiro atoms. The van der Waals surface area contributed by atoms with Crippen molar-refractivity contribution in [3.63, 3.8) is 0 Å². The van der Waals surface area contributed by atoms with E-state index < -0.39 is 0 Å². The first-order valence-electron chi connectivity index (χ1n) is 5.81. The summed E-state index contributed by atoms with van der Waals surface area (Å²) in [6, 6.07) is 6.19. The fourth-order valence-electron chi connectivity index (χ4n) is 1.86. The van der Waals surface area contributed by atoms with Gasteiger partial charge in [-0.05, 0) is 24.1 Å². The second-order valence-electron chi connectivity index (χ2n) is 4.38. The van der Waals surface area contributed by atoms with Crippen molar-refractivity contribution in [1.82, 2.24) is 14.5 Å². The van der Waals surface area contributed by atoms with Gasteiger partial charge < -0.3 is 9.47 Å². The lowest BCUT2D eigenvalue weighted by molar-refractivity contribution is -0.127. The number of rotatable bonds is 4. The average molecular weight is 266 g/mol. The van der Waals surface area contributed by atoms with Gasteiger partial charge in [-0.2, -0.15) is 0 Å². The number of aryl methyl sites for hydroxylation is 1. The maximum Gasteiger partial charge on any atom is 0.237 e. The molecule has 0 unspecified atom stereocenters. The molecule has 0 bridgehead atoms. The molecular formula is C13H16ClN3O. The quantitative estimate of drug-likeness (QED) is 0.791. The number of likely N-dealkylation sites (N-methyl/N-ethyl adjacent to an activating group) is 1. The summed E-state index contributed by atoms with van der Waals surface area (Å²) in [5, 5.41) is 0. The second kappa shape index (κ2) is 5.40. The van der Waals surface area contributed by atoms with Gasteiger partial charge in [0.1, 0.15) is 5.88 Å². The molecular weight excluding hydrogens is 250 g/mol. The third-order valence-corrected chi connectivity index (χ3v) is 3.29. The van der Waals surface area contributed by atoms with Gasteiger partial charge in [0.2, 0.25) is 5.91 Å². The lowest BCUT2D eigenvalue weighted by Gasteiger charge is -2.15. The van der Waals surface area contributed by atoms with Gasteiger partial charge in [0.25, 0.3) is 0 Å². The Hall–Kier alpha value is -1.55. The van der Waals surface area contributed by atoms with Crippen LogP contribution in [-0.2, 0) is 18.3 Å². The van der Waals surface area contributed by atoms with Crippen LogP contribution in [0.15, 0.2) is 24.5 Å². The largest absolute Gasteiger partial charge is 0.344 e. The molecule has 0 fully saturated rings. The van der Waals surface area contributed by atoms with Gasteiger partial charge in [0.05, 0.1) is 17.4 Å². The van der Waals surface area contributed by atoms with Crippen LogP contribution in [0.2, 0.25) is 0 Å². The van der Waals surface area contributed by atoms with Gasteiger partial charge in [-0.3, -0.25) is 4.79 Å². The van der Waals surface area contributed by atoms with E-state index in [1.807, 2.05) is 11.6 Å². The van der Waals surface area contributed by atoms with Crippen molar-refractivity contribution in [3.05, 3.63) is 30.1 Å². The topological polar surface area (TPSA) is 38.1 Å². The number of hydrogen-bond acceptors (Lipinski definition) is 2. The minimum absolute atomic E-state index is 0.0375. The molecule has 1 heterocycles. The van der Waals surface area contributed by atoms with Crippen LogP contribution in [0.3, 0.4) is 0 Å². The summed E-state index contributed by atoms with van der Waals surface area (Å²) in [7, 11) is 3.74. The molecule has 1 aromatic heterocycles. The van der Waals surface area contributed by atoms with Crippen LogP contribution in [0.25, 0.3) is 11.0 Å². The molecule has 0 radical (unpaired) electrons. The molecule has 0 N–H and O–H groups in total. The molecule has 18 heavy (non-hydrogen) atoms. The molecule has 1 aromatic carbocycles. The van der Waals surface area contributed by atoms with E-state index in [1.54, 1.807) is 18.3 Å². The predicted molar refractivity (Wildman–Crippen MR) is 72.8 cm³/mol. The number of carbonyl (C=O) groups excluding carboxylic acids is 1. The normalized spacial score (nSPS) is 10.8. The van der Waals surface area contributed by atoms with E-state index in [9.17, 15) is 4.79 Å². The van der Waals surface area contributed by atoms with E-state index in [4.69, 9.17) is 11.6 Å². The molecule has 0 aliphatic heterocycles. The molecule has 5 heteroatoms. The molecule has 0 saturated carbocycles. The van der Waals surface area contributed by atoms with Crippen molar-refractivity contribution in [3.8, 4) is 0 Å². The van der Waals surface area contributed by atoms with E-state index in [0.29, 0.717) is 6.54 Å². The molecule has 96 valence electrons. The van der Waals surface area contributed by atoms with E-state index in [0.717, 1.165) is 17.5 Å². The molecule has 1 amide bonds. The first-order chi connectivity index (χ1) is 8.61. The number of hydrogen-bond donors (Lipinski definition) is 0. The molecule has 0 aliphatic rings. The standard InChI is InChI=1S/C13H16ClN3O/c1-16(13(18)8-14)6-5-10-3-4-12-11(7-10)15-9-17(12)2/h3-4,7,9H,5-6,8H2,1-2H3. The molecule has 0 aliphatic carbocycles. The van der Waals surface area contributed by atoms with E-state index in [1.165, 1.54) is 5.56 Å². The van der Waals surface area contributed by atoms with Gasteiger partial charge in [0, 0.05) is 20.6 Å². The van der Waals surface area contributed by atoms with Crippen LogP contribution >= 0.6 is 11.6 Å². The highest BCUT2D eigenvalue weighted by Crippen LogP contribution is 2.14. The fourth-order valence-corrected chi connectivity index (χ4v) is 2.06. The van der Waals surface area contributed by atoms with Crippen molar-refractivity contribution in [2.45, 2.75) is 6.42 Å². The van der Waals surface area contributed by atoms with Crippen LogP contribution < -0.4 is 0 Å². The van der Waals surface area contributed by atoms with Gasteiger partial charge in [-0.25, -0.2) is 4.98 Å². The second-order valence-corrected chi connectivity index (χ2v) is 4.64. The zero-order valence-electron chi connectivity index (χ0n) is 10.6. The predicted octanol–water partition coefficient (Wildman–Crippen LogP) is 1.81. The number of carbonyl (C=O) groups is 1. The van der Waals surface area contributed by atoms with Crippen LogP contribution in [-0.4, -0.2) is 39.8 Å². The third-order valence-electron chi connectivity index (χ3n) is 3.07. The number of amides is 1. The first kappa shape index (κ1) is 12.9. The number of benzene rings is 1. The Morgan fingerprint density at radius 2 is 2.28 bits per heavy atom. The smallest absolute Gasteiger partial charge is 0.237 e. The molecule has 2 aromatic rings. The van der Waals surface area contributed by atoms with Crippen LogP contribution in [0, 0.1) is 0 Å². The van der Waals surface area contributed by atoms with Crippen LogP contribution in [0.1, 0.15) is 5.56 Å².